The number of aliphatic imine (C=N–C) groups is 1. The molecule has 2 aromatic carbocycles. The van der Waals surface area contributed by atoms with Crippen LogP contribution in [0.2, 0.25) is 0 Å². The van der Waals surface area contributed by atoms with Gasteiger partial charge in [0.25, 0.3) is 0 Å². The van der Waals surface area contributed by atoms with Gasteiger partial charge in [-0.3, -0.25) is 81.7 Å². The van der Waals surface area contributed by atoms with Crippen LogP contribution in [0.25, 0.3) is 0 Å². The van der Waals surface area contributed by atoms with Crippen LogP contribution in [-0.2, 0) is 122 Å². The van der Waals surface area contributed by atoms with Crippen molar-refractivity contribution < 1.29 is 217 Å². The number of carbonyl (C=O) groups is 22. The summed E-state index contributed by atoms with van der Waals surface area (Å²) in [6.07, 6.45) is 14.6. The van der Waals surface area contributed by atoms with Crippen molar-refractivity contribution in [3.05, 3.63) is 71.8 Å². The molecule has 1 aliphatic carbocycles. The van der Waals surface area contributed by atoms with Gasteiger partial charge >= 0.3 is 125 Å². The Labute approximate surface area is 817 Å². The molecular weight excluding hydrogens is 1930 g/mol. The predicted octanol–water partition coefficient (Wildman–Crippen LogP) is 6.83. The molecule has 0 radical (unpaired) electrons. The highest BCUT2D eigenvalue weighted by Gasteiger charge is 2.56. The number of cyclic esters (lactones) is 1. The van der Waals surface area contributed by atoms with E-state index in [2.05, 4.69) is 27.3 Å². The van der Waals surface area contributed by atoms with Gasteiger partial charge in [0.1, 0.15) is 24.6 Å². The lowest BCUT2D eigenvalue weighted by Crippen LogP contribution is -2.49. The van der Waals surface area contributed by atoms with Gasteiger partial charge in [0.15, 0.2) is 22.7 Å². The number of carboxylic acid groups (broad SMARTS) is 18. The SMILES string of the molecule is CC(C)OC(=O)CC(O)(CC(=O)O)C(=O)O.CCCCCCCCCCC(C(=O)O)C1(C(=O)O)CCC(=O)O1.NC=N[C@@H](CC(=O)O)C(=O)O.O=C(O)C(C(=O)O)C1CCCC1.O=C(O)CCCCCNC(=S)NCCCCCC(=O)O.O=C(O)CSCCCCSCC(=O)O.O=C(O)C[C@@H](NC(=O)OCc1ccccc1)C(=O)O.O=C(O)C[C@H](C(=O)O)c1ccccc1.O=CN[C@@H](CC(=O)O)C(=O)O. The first-order valence-corrected chi connectivity index (χ1v) is 46.1. The minimum Gasteiger partial charge on any atom is -0.481 e. The fourth-order valence-electron chi connectivity index (χ4n) is 11.8. The Bertz CT molecular complexity index is 4140. The molecule has 2 fully saturated rings. The van der Waals surface area contributed by atoms with Crippen LogP contribution >= 0.6 is 35.7 Å². The van der Waals surface area contributed by atoms with E-state index in [0.29, 0.717) is 29.9 Å². The second-order valence-corrected chi connectivity index (χ2v) is 33.1. The Morgan fingerprint density at radius 2 is 0.979 bits per heavy atom. The van der Waals surface area contributed by atoms with Crippen LogP contribution in [0.5, 0.6) is 0 Å². The zero-order valence-corrected chi connectivity index (χ0v) is 79.8. The summed E-state index contributed by atoms with van der Waals surface area (Å²) in [5.74, 6) is -24.5. The summed E-state index contributed by atoms with van der Waals surface area (Å²) in [5, 5.41) is 174. The third kappa shape index (κ3) is 75.5. The molecule has 25 N–H and O–H groups in total. The molecular formula is C87H130N6O44S3. The molecule has 1 aliphatic heterocycles. The van der Waals surface area contributed by atoms with E-state index in [1.54, 1.807) is 74.5 Å². The Hall–Kier alpha value is -13.6. The normalized spacial score (nSPS) is 13.9. The highest BCUT2D eigenvalue weighted by molar-refractivity contribution is 8.00. The monoisotopic (exact) mass is 2060 g/mol. The molecule has 1 saturated heterocycles. The molecule has 50 nitrogen and oxygen atoms in total. The van der Waals surface area contributed by atoms with Crippen LogP contribution in [0.3, 0.4) is 0 Å². The summed E-state index contributed by atoms with van der Waals surface area (Å²) in [6, 6.07) is 13.0. The fourth-order valence-corrected chi connectivity index (χ4v) is 13.4. The summed E-state index contributed by atoms with van der Waals surface area (Å²) in [7, 11) is 0. The van der Waals surface area contributed by atoms with Gasteiger partial charge in [-0.1, -0.05) is 145 Å². The molecule has 3 unspecified atom stereocenters. The number of nitrogens with two attached hydrogens (primary N) is 1. The maximum atomic E-state index is 11.5. The van der Waals surface area contributed by atoms with Crippen LogP contribution in [-0.4, -0.2) is 312 Å². The number of alkyl carbamates (subject to hydrolysis) is 1. The number of carboxylic acids is 18. The number of aliphatic carboxylic acids is 18. The number of carbonyl (C=O) groups excluding carboxylic acids is 4. The van der Waals surface area contributed by atoms with Crippen LogP contribution in [0.4, 0.5) is 4.79 Å². The molecule has 0 aromatic heterocycles. The maximum absolute atomic E-state index is 11.5. The molecule has 1 heterocycles. The number of unbranched alkanes of at least 4 members (excludes halogenated alkanes) is 12. The second-order valence-electron chi connectivity index (χ2n) is 30.5. The Balaban J connectivity index is -0.000000493. The lowest BCUT2D eigenvalue weighted by molar-refractivity contribution is -0.182. The molecule has 4 rings (SSSR count). The lowest BCUT2D eigenvalue weighted by atomic mass is 9.81. The van der Waals surface area contributed by atoms with Crippen molar-refractivity contribution in [2.24, 2.45) is 28.5 Å². The number of benzene rings is 2. The number of hydrogen-bond acceptors (Lipinski definition) is 30. The summed E-state index contributed by atoms with van der Waals surface area (Å²) in [6.45, 7) is 6.73. The van der Waals surface area contributed by atoms with Crippen molar-refractivity contribution in [3.63, 3.8) is 0 Å². The van der Waals surface area contributed by atoms with E-state index in [9.17, 15) is 121 Å². The van der Waals surface area contributed by atoms with Crippen LogP contribution in [0, 0.1) is 17.8 Å². The summed E-state index contributed by atoms with van der Waals surface area (Å²) < 4.78 is 14.3. The minimum atomic E-state index is -2.63. The highest BCUT2D eigenvalue weighted by atomic mass is 32.2. The largest absolute Gasteiger partial charge is 0.481 e. The number of rotatable bonds is 61. The van der Waals surface area contributed by atoms with Crippen molar-refractivity contribution in [1.82, 2.24) is 21.3 Å². The third-order valence-electron chi connectivity index (χ3n) is 18.5. The number of amides is 2. The molecule has 790 valence electrons. The summed E-state index contributed by atoms with van der Waals surface area (Å²) >= 11 is 7.88. The van der Waals surface area contributed by atoms with Crippen LogP contribution < -0.4 is 27.0 Å². The van der Waals surface area contributed by atoms with Gasteiger partial charge < -0.3 is 138 Å². The van der Waals surface area contributed by atoms with E-state index < -0.39 is 211 Å². The molecule has 140 heavy (non-hydrogen) atoms. The van der Waals surface area contributed by atoms with Crippen LogP contribution in [0.15, 0.2) is 65.7 Å². The smallest absolute Gasteiger partial charge is 0.408 e. The molecule has 2 aromatic rings. The topological polar surface area (TPSA) is 874 Å². The van der Waals surface area contributed by atoms with Gasteiger partial charge in [0, 0.05) is 38.8 Å². The molecule has 0 bridgehead atoms. The first kappa shape index (κ1) is 135. The van der Waals surface area contributed by atoms with Crippen molar-refractivity contribution in [1.29, 1.82) is 0 Å². The van der Waals surface area contributed by atoms with Crippen molar-refractivity contribution in [2.45, 2.75) is 268 Å². The number of aliphatic hydroxyl groups is 1. The van der Waals surface area contributed by atoms with Gasteiger partial charge in [-0.15, -0.1) is 0 Å². The van der Waals surface area contributed by atoms with Crippen molar-refractivity contribution in [2.75, 3.05) is 36.1 Å². The van der Waals surface area contributed by atoms with Crippen molar-refractivity contribution in [3.8, 4) is 0 Å². The van der Waals surface area contributed by atoms with Gasteiger partial charge in [-0.2, -0.15) is 23.5 Å². The zero-order chi connectivity index (χ0) is 108. The predicted molar refractivity (Wildman–Crippen MR) is 497 cm³/mol. The van der Waals surface area contributed by atoms with Gasteiger partial charge in [-0.25, -0.2) is 28.8 Å². The quantitative estimate of drug-likeness (QED) is 0.00471. The fraction of sp³-hybridized carbons (Fsp3) is 0.586. The summed E-state index contributed by atoms with van der Waals surface area (Å²) in [4.78, 5) is 235. The molecule has 53 heteroatoms. The van der Waals surface area contributed by atoms with Crippen LogP contribution in [0.1, 0.15) is 237 Å². The first-order valence-electron chi connectivity index (χ1n) is 43.4. The number of thiocarbonyl (C=S) groups is 1. The maximum Gasteiger partial charge on any atom is 0.408 e. The third-order valence-corrected chi connectivity index (χ3v) is 20.9. The van der Waals surface area contributed by atoms with E-state index in [4.69, 9.17) is 109 Å². The number of thioether (sulfide) groups is 2. The molecule has 2 amide bonds. The van der Waals surface area contributed by atoms with E-state index in [1.807, 2.05) is 10.6 Å². The van der Waals surface area contributed by atoms with Gasteiger partial charge in [-0.05, 0) is 112 Å². The van der Waals surface area contributed by atoms with E-state index in [-0.39, 0.29) is 69.0 Å². The summed E-state index contributed by atoms with van der Waals surface area (Å²) in [5.41, 5.74) is 1.54. The molecule has 2 aliphatic rings. The number of nitrogens with one attached hydrogen (secondary N) is 4. The average Bonchev–Trinajstić information content (AvgIpc) is 1.63. The molecule has 1 saturated carbocycles. The number of hydrogen-bond donors (Lipinski definition) is 24. The second kappa shape index (κ2) is 81.4. The lowest BCUT2D eigenvalue weighted by Gasteiger charge is -2.29. The first-order chi connectivity index (χ1) is 65.6. The van der Waals surface area contributed by atoms with Crippen molar-refractivity contribution >= 4 is 179 Å². The standard InChI is InChI=1S/C17H28O6.C13H24N2O4S.C12H13NO6.C10H10O4.C9H14O7.C8H14O4S2.C8H12O4.C5H8N2O4.C5H7NO5/c1-2-3-4-5-6-7-8-9-10-13(15(19)20)17(16(21)22)12-11-14(18)23-17;16-11(17)7-3-1-5-9-14-13(20)15-10-6-2-4-8-12(18)19;14-10(15)6-9(11(16)17)13-12(18)19-7-8-4-2-1-3-5-8;11-9(12)6-8(10(13)14)7-4-2-1-3-5-7;1-5(2)16-7(12)4-9(15,8(13)14)3-6(10)11;9-7(10)5-13-3-1-2-4-14-6-8(11)12;9-7(10)6(8(11)12)5-3-1-2-4-5;6-2-7-3(5(10)11)1-4(8)9;7-2-6-3(5(10)11)1-4(8)9/h13H,2-12H2,1H3,(H,19,20)(H,21,22);1-10H2,(H,16,17)(H,18,19)(H2,14,15,20);1-5,9H,6-7H2,(H,13,18)(H,14,15)(H,16,17);1-5,8H,6H2,(H,11,12)(H,13,14);5,15H,3-4H2,1-2H3,(H,10,11)(H,13,14);1-6H2,(H,9,10)(H,11,12);5-6H,1-4H2,(H,9,10)(H,11,12);2-3H,1H2,(H2,6,7)(H,8,9)(H,10,11);2-3H,1H2,(H,6,7)(H,8,9)(H,10,11)/t;;9-;8-;;;;2*3-/m..10...00/s1. The highest BCUT2D eigenvalue weighted by Crippen LogP contribution is 2.38. The molecule has 0 spiro atoms. The zero-order valence-electron chi connectivity index (χ0n) is 77.4. The van der Waals surface area contributed by atoms with Gasteiger partial charge in [0.2, 0.25) is 12.0 Å². The minimum absolute atomic E-state index is 0.0217. The van der Waals surface area contributed by atoms with Gasteiger partial charge in [0.05, 0.1) is 68.4 Å². The number of esters is 2. The number of ether oxygens (including phenoxy) is 3. The molecule has 7 atom stereocenters. The van der Waals surface area contributed by atoms with E-state index in [1.165, 1.54) is 49.2 Å². The Morgan fingerprint density at radius 1 is 0.529 bits per heavy atom. The average molecular weight is 2060 g/mol. The van der Waals surface area contributed by atoms with E-state index in [0.717, 1.165) is 120 Å². The number of nitrogens with zero attached hydrogens (tertiary/aromatic N) is 1. The van der Waals surface area contributed by atoms with E-state index >= 15 is 0 Å². The Morgan fingerprint density at radius 3 is 1.34 bits per heavy atom. The Kier molecular flexibility index (Phi) is 78.4.